The van der Waals surface area contributed by atoms with Crippen LogP contribution in [0.4, 0.5) is 0 Å². The summed E-state index contributed by atoms with van der Waals surface area (Å²) < 4.78 is 0. The molecule has 4 fully saturated rings. The molecule has 0 bridgehead atoms. The monoisotopic (exact) mass is 595 g/mol. The van der Waals surface area contributed by atoms with E-state index in [9.17, 15) is 19.8 Å². The van der Waals surface area contributed by atoms with Gasteiger partial charge in [0.15, 0.2) is 0 Å². The summed E-state index contributed by atoms with van der Waals surface area (Å²) in [5.74, 6) is 5.00. The zero-order valence-electron chi connectivity index (χ0n) is 26.4. The van der Waals surface area contributed by atoms with Gasteiger partial charge in [0.1, 0.15) is 6.17 Å². The minimum Gasteiger partial charge on any atom is -0.393 e. The molecule has 4 aliphatic rings. The van der Waals surface area contributed by atoms with Gasteiger partial charge in [-0.3, -0.25) is 9.59 Å². The maximum atomic E-state index is 12.5. The molecule has 0 aliphatic heterocycles. The normalized spacial score (nSPS) is 38.0. The van der Waals surface area contributed by atoms with Crippen LogP contribution in [0, 0.1) is 58.7 Å². The predicted octanol–water partition coefficient (Wildman–Crippen LogP) is 5.62. The number of fused-ring (bicyclic) bond motifs is 5. The number of nitrogens with zero attached hydrogens (tertiary/aromatic N) is 3. The number of aliphatic hydroxyl groups is 2. The fourth-order valence-corrected chi connectivity index (χ4v) is 10.0. The van der Waals surface area contributed by atoms with Crippen molar-refractivity contribution in [3.05, 3.63) is 22.6 Å². The number of hydrogen-bond acceptors (Lipinski definition) is 5. The Kier molecular flexibility index (Phi) is 11.3. The number of amides is 2. The van der Waals surface area contributed by atoms with Crippen molar-refractivity contribution in [2.75, 3.05) is 6.54 Å². The molecule has 2 amide bonds. The van der Waals surface area contributed by atoms with Crippen LogP contribution < -0.4 is 10.6 Å². The number of azide groups is 1. The molecule has 9 nitrogen and oxygen atoms in total. The van der Waals surface area contributed by atoms with Crippen LogP contribution >= 0.6 is 0 Å². The van der Waals surface area contributed by atoms with Gasteiger partial charge in [-0.05, 0) is 129 Å². The van der Waals surface area contributed by atoms with Crippen molar-refractivity contribution in [1.29, 1.82) is 0 Å². The second-order valence-electron chi connectivity index (χ2n) is 14.5. The number of terminal acetylenes is 1. The van der Waals surface area contributed by atoms with Crippen LogP contribution in [0.3, 0.4) is 0 Å². The van der Waals surface area contributed by atoms with Crippen molar-refractivity contribution in [2.24, 2.45) is 51.5 Å². The average molecular weight is 596 g/mol. The van der Waals surface area contributed by atoms with E-state index < -0.39 is 6.17 Å². The Balaban J connectivity index is 1.27. The van der Waals surface area contributed by atoms with E-state index in [0.29, 0.717) is 41.9 Å². The van der Waals surface area contributed by atoms with Crippen molar-refractivity contribution in [1.82, 2.24) is 10.6 Å². The summed E-state index contributed by atoms with van der Waals surface area (Å²) in [6.07, 6.45) is 18.9. The predicted molar refractivity (Wildman–Crippen MR) is 167 cm³/mol. The largest absolute Gasteiger partial charge is 0.393 e. The van der Waals surface area contributed by atoms with Crippen LogP contribution in [-0.2, 0) is 9.59 Å². The molecule has 11 unspecified atom stereocenters. The minimum absolute atomic E-state index is 0.179. The molecule has 0 heterocycles. The van der Waals surface area contributed by atoms with E-state index >= 15 is 0 Å². The number of hydrogen-bond donors (Lipinski definition) is 4. The lowest BCUT2D eigenvalue weighted by Crippen LogP contribution is -2.58. The average Bonchev–Trinajstić information content (AvgIpc) is 3.31. The lowest BCUT2D eigenvalue weighted by molar-refractivity contribution is -0.174. The molecule has 4 saturated carbocycles. The molecule has 11 atom stereocenters. The summed E-state index contributed by atoms with van der Waals surface area (Å²) in [6.45, 7) is 7.56. The SMILES string of the molecule is C#CCC(NC(=O)/C=C/CCC(C)C1CCC2C3C(O)CC4CC(O)CCC4(C)C3CCC12C)NC(=O)CCCN=[N+]=[N-]. The number of rotatable bonds is 12. The van der Waals surface area contributed by atoms with Gasteiger partial charge in [-0.25, -0.2) is 0 Å². The zero-order chi connectivity index (χ0) is 31.2. The third-order valence-electron chi connectivity index (χ3n) is 12.2. The molecule has 43 heavy (non-hydrogen) atoms. The summed E-state index contributed by atoms with van der Waals surface area (Å²) in [5.41, 5.74) is 8.82. The highest BCUT2D eigenvalue weighted by molar-refractivity contribution is 5.88. The maximum Gasteiger partial charge on any atom is 0.245 e. The molecule has 4 N–H and O–H groups in total. The summed E-state index contributed by atoms with van der Waals surface area (Å²) in [6, 6.07) is 0. The Hall–Kier alpha value is -2.53. The molecule has 238 valence electrons. The number of carbonyl (C=O) groups excluding carboxylic acids is 2. The first-order valence-corrected chi connectivity index (χ1v) is 16.6. The van der Waals surface area contributed by atoms with Gasteiger partial charge in [-0.1, -0.05) is 32.0 Å². The van der Waals surface area contributed by atoms with E-state index in [2.05, 4.69) is 47.4 Å². The van der Waals surface area contributed by atoms with E-state index in [1.807, 2.05) is 6.08 Å². The van der Waals surface area contributed by atoms with E-state index in [0.717, 1.165) is 38.5 Å². The second-order valence-corrected chi connectivity index (χ2v) is 14.5. The van der Waals surface area contributed by atoms with Gasteiger partial charge in [-0.2, -0.15) is 0 Å². The number of aliphatic hydroxyl groups excluding tert-OH is 2. The number of nitrogens with one attached hydrogen (secondary N) is 2. The third-order valence-corrected chi connectivity index (χ3v) is 12.2. The van der Waals surface area contributed by atoms with Crippen molar-refractivity contribution < 1.29 is 19.8 Å². The second kappa shape index (κ2) is 14.5. The van der Waals surface area contributed by atoms with Gasteiger partial charge in [0.25, 0.3) is 0 Å². The third kappa shape index (κ3) is 7.41. The summed E-state index contributed by atoms with van der Waals surface area (Å²) >= 11 is 0. The molecule has 4 rings (SSSR count). The molecule has 0 saturated heterocycles. The fraction of sp³-hybridized carbons (Fsp3) is 0.824. The van der Waals surface area contributed by atoms with Gasteiger partial charge in [0.05, 0.1) is 12.2 Å². The van der Waals surface area contributed by atoms with Crippen molar-refractivity contribution >= 4 is 11.8 Å². The first kappa shape index (κ1) is 33.4. The van der Waals surface area contributed by atoms with Crippen LogP contribution in [-0.4, -0.2) is 46.9 Å². The van der Waals surface area contributed by atoms with Gasteiger partial charge < -0.3 is 20.8 Å². The van der Waals surface area contributed by atoms with Gasteiger partial charge in [0, 0.05) is 24.3 Å². The smallest absolute Gasteiger partial charge is 0.245 e. The van der Waals surface area contributed by atoms with Crippen LogP contribution in [0.25, 0.3) is 10.4 Å². The molecule has 0 aromatic rings. The highest BCUT2D eigenvalue weighted by atomic mass is 16.3. The summed E-state index contributed by atoms with van der Waals surface area (Å²) in [7, 11) is 0. The molecule has 0 radical (unpaired) electrons. The molecule has 0 aromatic carbocycles. The minimum atomic E-state index is -0.648. The highest BCUT2D eigenvalue weighted by Crippen LogP contribution is 2.68. The van der Waals surface area contributed by atoms with Crippen LogP contribution in [0.2, 0.25) is 0 Å². The van der Waals surface area contributed by atoms with Crippen LogP contribution in [0.15, 0.2) is 17.3 Å². The van der Waals surface area contributed by atoms with E-state index in [4.69, 9.17) is 12.0 Å². The zero-order valence-corrected chi connectivity index (χ0v) is 26.4. The Bertz CT molecular complexity index is 1110. The van der Waals surface area contributed by atoms with E-state index in [-0.39, 0.29) is 54.2 Å². The Morgan fingerprint density at radius 2 is 1.86 bits per heavy atom. The molecule has 9 heteroatoms. The summed E-state index contributed by atoms with van der Waals surface area (Å²) in [4.78, 5) is 27.4. The van der Waals surface area contributed by atoms with Crippen LogP contribution in [0.5, 0.6) is 0 Å². The number of carbonyl (C=O) groups is 2. The quantitative estimate of drug-likeness (QED) is 0.0441. The number of allylic oxidation sites excluding steroid dienone is 1. The molecule has 0 spiro atoms. The first-order chi connectivity index (χ1) is 20.5. The standard InChI is InChI=1S/C34H53N5O4/c1-5-9-29(38-31(43)12-8-19-36-39-35)37-30(42)11-7-6-10-22(2)25-13-14-26-32-27(16-18-34(25,26)4)33(3)17-15-24(40)20-23(33)21-28(32)41/h1,7,11,22-29,32,40-41H,6,8-10,12-21H2,2-4H3,(H,37,42)(H,38,43)/b11-7+. The van der Waals surface area contributed by atoms with Gasteiger partial charge in [-0.15, -0.1) is 12.3 Å². The maximum absolute atomic E-state index is 12.5. The molecule has 4 aliphatic carbocycles. The molecular weight excluding hydrogens is 542 g/mol. The fourth-order valence-electron chi connectivity index (χ4n) is 10.0. The first-order valence-electron chi connectivity index (χ1n) is 16.6. The van der Waals surface area contributed by atoms with Gasteiger partial charge in [0.2, 0.25) is 11.8 Å². The Morgan fingerprint density at radius 1 is 1.12 bits per heavy atom. The Morgan fingerprint density at radius 3 is 2.60 bits per heavy atom. The van der Waals surface area contributed by atoms with E-state index in [1.165, 1.54) is 31.8 Å². The summed E-state index contributed by atoms with van der Waals surface area (Å²) in [5, 5.41) is 30.7. The van der Waals surface area contributed by atoms with Gasteiger partial charge >= 0.3 is 0 Å². The highest BCUT2D eigenvalue weighted by Gasteiger charge is 2.62. The molecular formula is C34H53N5O4. The lowest BCUT2D eigenvalue weighted by atomic mass is 9.43. The lowest BCUT2D eigenvalue weighted by Gasteiger charge is -2.62. The van der Waals surface area contributed by atoms with Crippen molar-refractivity contribution in [2.45, 2.75) is 123 Å². The van der Waals surface area contributed by atoms with E-state index in [1.54, 1.807) is 0 Å². The topological polar surface area (TPSA) is 147 Å². The van der Waals surface area contributed by atoms with Crippen molar-refractivity contribution in [3.63, 3.8) is 0 Å². The van der Waals surface area contributed by atoms with Crippen molar-refractivity contribution in [3.8, 4) is 12.3 Å². The molecule has 0 aromatic heterocycles. The Labute approximate surface area is 257 Å². The van der Waals surface area contributed by atoms with Crippen LogP contribution in [0.1, 0.15) is 104 Å².